The van der Waals surface area contributed by atoms with Crippen LogP contribution in [0.25, 0.3) is 0 Å². The van der Waals surface area contributed by atoms with E-state index in [1.807, 2.05) is 0 Å². The quantitative estimate of drug-likeness (QED) is 0.871. The Balaban J connectivity index is 2.03. The van der Waals surface area contributed by atoms with Gasteiger partial charge in [-0.3, -0.25) is 14.2 Å². The number of carbonyl (C=O) groups is 2. The van der Waals surface area contributed by atoms with Crippen molar-refractivity contribution < 1.29 is 14.3 Å². The molecule has 0 spiro atoms. The highest BCUT2D eigenvalue weighted by molar-refractivity contribution is 7.07. The SMILES string of the molecule is COC(=O)c1ccc(NC(=O)Cn2c(C)csc2=O)cc1. The monoisotopic (exact) mass is 306 g/mol. The van der Waals surface area contributed by atoms with Crippen molar-refractivity contribution in [1.29, 1.82) is 0 Å². The van der Waals surface area contributed by atoms with Crippen LogP contribution in [0.2, 0.25) is 0 Å². The lowest BCUT2D eigenvalue weighted by atomic mass is 10.2. The molecule has 0 radical (unpaired) electrons. The van der Waals surface area contributed by atoms with Crippen LogP contribution in [0.1, 0.15) is 16.1 Å². The van der Waals surface area contributed by atoms with Gasteiger partial charge in [-0.05, 0) is 31.2 Å². The van der Waals surface area contributed by atoms with E-state index in [9.17, 15) is 14.4 Å². The van der Waals surface area contributed by atoms with Gasteiger partial charge < -0.3 is 10.1 Å². The van der Waals surface area contributed by atoms with Crippen LogP contribution >= 0.6 is 11.3 Å². The fraction of sp³-hybridized carbons (Fsp3) is 0.214. The van der Waals surface area contributed by atoms with Crippen molar-refractivity contribution in [2.24, 2.45) is 0 Å². The van der Waals surface area contributed by atoms with Gasteiger partial charge in [0, 0.05) is 16.8 Å². The van der Waals surface area contributed by atoms with Gasteiger partial charge in [-0.15, -0.1) is 0 Å². The number of anilines is 1. The summed E-state index contributed by atoms with van der Waals surface area (Å²) in [4.78, 5) is 34.6. The maximum atomic E-state index is 11.9. The molecule has 1 amide bonds. The van der Waals surface area contributed by atoms with Crippen molar-refractivity contribution >= 4 is 28.9 Å². The third-order valence-electron chi connectivity index (χ3n) is 2.87. The van der Waals surface area contributed by atoms with Gasteiger partial charge >= 0.3 is 10.8 Å². The number of esters is 1. The molecule has 0 saturated carbocycles. The molecule has 0 saturated heterocycles. The van der Waals surface area contributed by atoms with Gasteiger partial charge in [0.05, 0.1) is 12.7 Å². The largest absolute Gasteiger partial charge is 0.465 e. The third-order valence-corrected chi connectivity index (χ3v) is 3.75. The molecule has 6 nitrogen and oxygen atoms in total. The molecule has 1 aromatic carbocycles. The van der Waals surface area contributed by atoms with Gasteiger partial charge in [-0.2, -0.15) is 0 Å². The van der Waals surface area contributed by atoms with E-state index in [4.69, 9.17) is 0 Å². The number of methoxy groups -OCH3 is 1. The molecule has 0 aliphatic rings. The third kappa shape index (κ3) is 3.57. The van der Waals surface area contributed by atoms with E-state index in [-0.39, 0.29) is 17.3 Å². The summed E-state index contributed by atoms with van der Waals surface area (Å²) in [5.74, 6) is -0.738. The van der Waals surface area contributed by atoms with Crippen molar-refractivity contribution in [3.05, 3.63) is 50.6 Å². The number of hydrogen-bond donors (Lipinski definition) is 1. The van der Waals surface area contributed by atoms with Crippen LogP contribution in [-0.4, -0.2) is 23.6 Å². The summed E-state index contributed by atoms with van der Waals surface area (Å²) in [6, 6.07) is 6.33. The first-order chi connectivity index (χ1) is 10.0. The average molecular weight is 306 g/mol. The maximum Gasteiger partial charge on any atom is 0.337 e. The van der Waals surface area contributed by atoms with Crippen molar-refractivity contribution in [3.8, 4) is 0 Å². The highest BCUT2D eigenvalue weighted by Gasteiger charge is 2.09. The maximum absolute atomic E-state index is 11.9. The molecular weight excluding hydrogens is 292 g/mol. The molecule has 2 rings (SSSR count). The number of nitrogens with one attached hydrogen (secondary N) is 1. The summed E-state index contributed by atoms with van der Waals surface area (Å²) in [6.07, 6.45) is 0. The van der Waals surface area contributed by atoms with Crippen LogP contribution in [0.4, 0.5) is 5.69 Å². The first-order valence-electron chi connectivity index (χ1n) is 6.14. The highest BCUT2D eigenvalue weighted by Crippen LogP contribution is 2.10. The summed E-state index contributed by atoms with van der Waals surface area (Å²) < 4.78 is 6.00. The highest BCUT2D eigenvalue weighted by atomic mass is 32.1. The lowest BCUT2D eigenvalue weighted by Crippen LogP contribution is -2.25. The van der Waals surface area contributed by atoms with Crippen LogP contribution in [0, 0.1) is 6.92 Å². The second kappa shape index (κ2) is 6.36. The Morgan fingerprint density at radius 2 is 1.95 bits per heavy atom. The van der Waals surface area contributed by atoms with E-state index in [1.54, 1.807) is 36.6 Å². The zero-order valence-corrected chi connectivity index (χ0v) is 12.4. The molecule has 0 atom stereocenters. The Kier molecular flexibility index (Phi) is 4.54. The predicted octanol–water partition coefficient (Wildman–Crippen LogP) is 1.64. The second-order valence-corrected chi connectivity index (χ2v) is 5.17. The summed E-state index contributed by atoms with van der Waals surface area (Å²) in [5.41, 5.74) is 1.70. The Morgan fingerprint density at radius 1 is 1.29 bits per heavy atom. The summed E-state index contributed by atoms with van der Waals surface area (Å²) in [6.45, 7) is 1.74. The molecule has 0 aliphatic carbocycles. The number of amides is 1. The number of carbonyl (C=O) groups excluding carboxylic acids is 2. The van der Waals surface area contributed by atoms with Gasteiger partial charge in [0.25, 0.3) is 0 Å². The molecule has 1 heterocycles. The summed E-state index contributed by atoms with van der Waals surface area (Å²) in [5, 5.41) is 4.38. The van der Waals surface area contributed by atoms with Gasteiger partial charge in [-0.25, -0.2) is 4.79 Å². The molecule has 7 heteroatoms. The number of hydrogen-bond acceptors (Lipinski definition) is 5. The van der Waals surface area contributed by atoms with E-state index in [0.717, 1.165) is 17.0 Å². The first kappa shape index (κ1) is 15.0. The van der Waals surface area contributed by atoms with Crippen LogP contribution in [0.5, 0.6) is 0 Å². The topological polar surface area (TPSA) is 77.4 Å². The Labute approximate surface area is 125 Å². The molecule has 2 aromatic rings. The molecule has 21 heavy (non-hydrogen) atoms. The van der Waals surface area contributed by atoms with Crippen LogP contribution in [-0.2, 0) is 16.1 Å². The number of benzene rings is 1. The van der Waals surface area contributed by atoms with Gasteiger partial charge in [0.15, 0.2) is 0 Å². The van der Waals surface area contributed by atoms with Gasteiger partial charge in [-0.1, -0.05) is 11.3 Å². The minimum absolute atomic E-state index is 0.0348. The fourth-order valence-electron chi connectivity index (χ4n) is 1.75. The summed E-state index contributed by atoms with van der Waals surface area (Å²) in [7, 11) is 1.30. The number of ether oxygens (including phenoxy) is 1. The molecule has 0 fully saturated rings. The van der Waals surface area contributed by atoms with Crippen molar-refractivity contribution in [1.82, 2.24) is 4.57 Å². The lowest BCUT2D eigenvalue weighted by Gasteiger charge is -2.07. The van der Waals surface area contributed by atoms with Gasteiger partial charge in [0.2, 0.25) is 5.91 Å². The van der Waals surface area contributed by atoms with E-state index in [2.05, 4.69) is 10.1 Å². The molecule has 0 bridgehead atoms. The Bertz CT molecular complexity index is 715. The minimum Gasteiger partial charge on any atom is -0.465 e. The number of aryl methyl sites for hydroxylation is 1. The van der Waals surface area contributed by atoms with Crippen molar-refractivity contribution in [2.75, 3.05) is 12.4 Å². The molecular formula is C14H14N2O4S. The van der Waals surface area contributed by atoms with Crippen LogP contribution in [0.15, 0.2) is 34.4 Å². The molecule has 0 unspecified atom stereocenters. The smallest absolute Gasteiger partial charge is 0.337 e. The molecule has 0 aliphatic heterocycles. The summed E-state index contributed by atoms with van der Waals surface area (Å²) >= 11 is 1.06. The zero-order valence-electron chi connectivity index (χ0n) is 11.6. The predicted molar refractivity (Wildman–Crippen MR) is 79.7 cm³/mol. The first-order valence-corrected chi connectivity index (χ1v) is 7.02. The number of thiazole rings is 1. The molecule has 1 N–H and O–H groups in total. The van der Waals surface area contributed by atoms with E-state index >= 15 is 0 Å². The Morgan fingerprint density at radius 3 is 2.48 bits per heavy atom. The standard InChI is InChI=1S/C14H14N2O4S/c1-9-8-21-14(19)16(9)7-12(17)15-11-5-3-10(4-6-11)13(18)20-2/h3-6,8H,7H2,1-2H3,(H,15,17). The van der Waals surface area contributed by atoms with E-state index in [1.165, 1.54) is 11.7 Å². The number of nitrogens with zero attached hydrogens (tertiary/aromatic N) is 1. The molecule has 1 aromatic heterocycles. The average Bonchev–Trinajstić information content (AvgIpc) is 2.79. The minimum atomic E-state index is -0.437. The number of rotatable bonds is 4. The van der Waals surface area contributed by atoms with E-state index in [0.29, 0.717) is 11.3 Å². The van der Waals surface area contributed by atoms with Crippen LogP contribution in [0.3, 0.4) is 0 Å². The van der Waals surface area contributed by atoms with Crippen molar-refractivity contribution in [2.45, 2.75) is 13.5 Å². The molecule has 110 valence electrons. The Hall–Kier alpha value is -2.41. The van der Waals surface area contributed by atoms with Gasteiger partial charge in [0.1, 0.15) is 6.54 Å². The van der Waals surface area contributed by atoms with Crippen molar-refractivity contribution in [3.63, 3.8) is 0 Å². The lowest BCUT2D eigenvalue weighted by molar-refractivity contribution is -0.116. The zero-order chi connectivity index (χ0) is 15.4. The normalized spacial score (nSPS) is 10.2. The second-order valence-electron chi connectivity index (χ2n) is 4.35. The van der Waals surface area contributed by atoms with E-state index < -0.39 is 5.97 Å². The van der Waals surface area contributed by atoms with Crippen LogP contribution < -0.4 is 10.2 Å². The number of aromatic nitrogens is 1. The fourth-order valence-corrected chi connectivity index (χ4v) is 2.48.